The Hall–Kier alpha value is -0.420. The van der Waals surface area contributed by atoms with Crippen molar-refractivity contribution in [3.8, 4) is 0 Å². The standard InChI is InChI=1S/C17H27BrN2O/c1-4-19-16(11-14-5-7-15(18)8-6-14)17-12-20(13(2)3)9-10-21-17/h5-8,13,16-17,19H,4,9-12H2,1-3H3. The first kappa shape index (κ1) is 16.9. The summed E-state index contributed by atoms with van der Waals surface area (Å²) < 4.78 is 7.19. The number of ether oxygens (including phenoxy) is 1. The molecule has 0 radical (unpaired) electrons. The van der Waals surface area contributed by atoms with Gasteiger partial charge in [-0.3, -0.25) is 4.90 Å². The maximum atomic E-state index is 6.06. The number of likely N-dealkylation sites (N-methyl/N-ethyl adjacent to an activating group) is 1. The van der Waals surface area contributed by atoms with Gasteiger partial charge in [-0.25, -0.2) is 0 Å². The van der Waals surface area contributed by atoms with Crippen molar-refractivity contribution >= 4 is 15.9 Å². The highest BCUT2D eigenvalue weighted by molar-refractivity contribution is 9.10. The minimum absolute atomic E-state index is 0.268. The van der Waals surface area contributed by atoms with Gasteiger partial charge in [-0.05, 0) is 44.5 Å². The second-order valence-electron chi connectivity index (χ2n) is 5.99. The van der Waals surface area contributed by atoms with Crippen molar-refractivity contribution in [3.63, 3.8) is 0 Å². The Bertz CT molecular complexity index is 421. The molecule has 0 spiro atoms. The second-order valence-corrected chi connectivity index (χ2v) is 6.91. The number of halogens is 1. The zero-order valence-electron chi connectivity index (χ0n) is 13.3. The molecular weight excluding hydrogens is 328 g/mol. The average molecular weight is 355 g/mol. The van der Waals surface area contributed by atoms with E-state index in [2.05, 4.69) is 71.2 Å². The monoisotopic (exact) mass is 354 g/mol. The van der Waals surface area contributed by atoms with E-state index in [1.54, 1.807) is 0 Å². The third-order valence-electron chi connectivity index (χ3n) is 4.14. The minimum Gasteiger partial charge on any atom is -0.374 e. The molecule has 3 nitrogen and oxygen atoms in total. The number of hydrogen-bond donors (Lipinski definition) is 1. The van der Waals surface area contributed by atoms with Gasteiger partial charge in [0.25, 0.3) is 0 Å². The van der Waals surface area contributed by atoms with Crippen LogP contribution in [0.4, 0.5) is 0 Å². The van der Waals surface area contributed by atoms with E-state index in [0.717, 1.165) is 37.1 Å². The first-order chi connectivity index (χ1) is 10.1. The number of hydrogen-bond acceptors (Lipinski definition) is 3. The maximum absolute atomic E-state index is 6.06. The summed E-state index contributed by atoms with van der Waals surface area (Å²) >= 11 is 3.50. The van der Waals surface area contributed by atoms with E-state index in [4.69, 9.17) is 4.74 Å². The first-order valence-electron chi connectivity index (χ1n) is 7.93. The summed E-state index contributed by atoms with van der Waals surface area (Å²) in [7, 11) is 0. The van der Waals surface area contributed by atoms with Crippen molar-refractivity contribution in [3.05, 3.63) is 34.3 Å². The van der Waals surface area contributed by atoms with Gasteiger partial charge in [-0.1, -0.05) is 35.0 Å². The molecule has 0 saturated carbocycles. The largest absolute Gasteiger partial charge is 0.374 e. The second kappa shape index (κ2) is 8.28. The van der Waals surface area contributed by atoms with E-state index in [9.17, 15) is 0 Å². The summed E-state index contributed by atoms with van der Waals surface area (Å²) in [6, 6.07) is 9.57. The fourth-order valence-corrected chi connectivity index (χ4v) is 3.14. The fourth-order valence-electron chi connectivity index (χ4n) is 2.88. The third-order valence-corrected chi connectivity index (χ3v) is 4.67. The van der Waals surface area contributed by atoms with E-state index >= 15 is 0 Å². The summed E-state index contributed by atoms with van der Waals surface area (Å²) in [5.41, 5.74) is 1.36. The van der Waals surface area contributed by atoms with Crippen LogP contribution in [0.5, 0.6) is 0 Å². The fraction of sp³-hybridized carbons (Fsp3) is 0.647. The van der Waals surface area contributed by atoms with Crippen molar-refractivity contribution < 1.29 is 4.74 Å². The Morgan fingerprint density at radius 1 is 1.33 bits per heavy atom. The molecule has 1 aromatic rings. The zero-order valence-corrected chi connectivity index (χ0v) is 14.9. The lowest BCUT2D eigenvalue weighted by Crippen LogP contribution is -2.54. The lowest BCUT2D eigenvalue weighted by Gasteiger charge is -2.39. The topological polar surface area (TPSA) is 24.5 Å². The van der Waals surface area contributed by atoms with Gasteiger partial charge in [0.1, 0.15) is 0 Å². The van der Waals surface area contributed by atoms with Gasteiger partial charge >= 0.3 is 0 Å². The first-order valence-corrected chi connectivity index (χ1v) is 8.73. The molecule has 2 atom stereocenters. The van der Waals surface area contributed by atoms with Crippen LogP contribution in [0.1, 0.15) is 26.3 Å². The minimum atomic E-state index is 0.268. The van der Waals surface area contributed by atoms with Crippen molar-refractivity contribution in [2.45, 2.75) is 45.4 Å². The predicted molar refractivity (Wildman–Crippen MR) is 91.8 cm³/mol. The van der Waals surface area contributed by atoms with Gasteiger partial charge < -0.3 is 10.1 Å². The van der Waals surface area contributed by atoms with E-state index in [-0.39, 0.29) is 6.10 Å². The summed E-state index contributed by atoms with van der Waals surface area (Å²) in [5.74, 6) is 0. The molecule has 1 aromatic carbocycles. The lowest BCUT2D eigenvalue weighted by atomic mass is 9.99. The molecule has 1 fully saturated rings. The molecule has 1 N–H and O–H groups in total. The predicted octanol–water partition coefficient (Wildman–Crippen LogP) is 3.08. The number of nitrogens with one attached hydrogen (secondary N) is 1. The van der Waals surface area contributed by atoms with Crippen molar-refractivity contribution in [1.29, 1.82) is 0 Å². The summed E-state index contributed by atoms with van der Waals surface area (Å²) in [4.78, 5) is 2.51. The van der Waals surface area contributed by atoms with Crippen LogP contribution in [-0.2, 0) is 11.2 Å². The Kier molecular flexibility index (Phi) is 6.68. The summed E-state index contributed by atoms with van der Waals surface area (Å²) in [6.07, 6.45) is 1.28. The number of rotatable bonds is 6. The van der Waals surface area contributed by atoms with Crippen LogP contribution in [0.2, 0.25) is 0 Å². The summed E-state index contributed by atoms with van der Waals surface area (Å²) in [6.45, 7) is 10.6. The van der Waals surface area contributed by atoms with Crippen LogP contribution in [0.25, 0.3) is 0 Å². The third kappa shape index (κ3) is 5.06. The molecule has 21 heavy (non-hydrogen) atoms. The number of benzene rings is 1. The van der Waals surface area contributed by atoms with E-state index < -0.39 is 0 Å². The molecule has 2 unspecified atom stereocenters. The van der Waals surface area contributed by atoms with Crippen molar-refractivity contribution in [2.75, 3.05) is 26.2 Å². The van der Waals surface area contributed by atoms with Gasteiger partial charge in [0.15, 0.2) is 0 Å². The van der Waals surface area contributed by atoms with Gasteiger partial charge in [0, 0.05) is 29.6 Å². The van der Waals surface area contributed by atoms with Gasteiger partial charge in [-0.15, -0.1) is 0 Å². The molecule has 4 heteroatoms. The lowest BCUT2D eigenvalue weighted by molar-refractivity contribution is -0.0550. The van der Waals surface area contributed by atoms with Crippen LogP contribution in [-0.4, -0.2) is 49.3 Å². The van der Waals surface area contributed by atoms with E-state index in [0.29, 0.717) is 12.1 Å². The van der Waals surface area contributed by atoms with Crippen LogP contribution in [0, 0.1) is 0 Å². The molecule has 1 heterocycles. The van der Waals surface area contributed by atoms with Gasteiger partial charge in [0.05, 0.1) is 12.7 Å². The average Bonchev–Trinajstić information content (AvgIpc) is 2.49. The molecule has 1 aliphatic heterocycles. The SMILES string of the molecule is CCNC(Cc1ccc(Br)cc1)C1CN(C(C)C)CCO1. The molecule has 1 saturated heterocycles. The normalized spacial score (nSPS) is 21.7. The Morgan fingerprint density at radius 2 is 2.05 bits per heavy atom. The molecule has 0 aliphatic carbocycles. The molecule has 0 bridgehead atoms. The molecule has 0 amide bonds. The highest BCUT2D eigenvalue weighted by Gasteiger charge is 2.28. The maximum Gasteiger partial charge on any atom is 0.0858 e. The van der Waals surface area contributed by atoms with Crippen molar-refractivity contribution in [1.82, 2.24) is 10.2 Å². The zero-order chi connectivity index (χ0) is 15.2. The molecule has 0 aromatic heterocycles. The smallest absolute Gasteiger partial charge is 0.0858 e. The quantitative estimate of drug-likeness (QED) is 0.849. The van der Waals surface area contributed by atoms with Gasteiger partial charge in [-0.2, -0.15) is 0 Å². The Morgan fingerprint density at radius 3 is 2.67 bits per heavy atom. The van der Waals surface area contributed by atoms with Crippen LogP contribution >= 0.6 is 15.9 Å². The number of morpholine rings is 1. The molecule has 118 valence electrons. The molecule has 2 rings (SSSR count). The molecular formula is C17H27BrN2O. The van der Waals surface area contributed by atoms with E-state index in [1.165, 1.54) is 5.56 Å². The van der Waals surface area contributed by atoms with Crippen LogP contribution < -0.4 is 5.32 Å². The van der Waals surface area contributed by atoms with Gasteiger partial charge in [0.2, 0.25) is 0 Å². The van der Waals surface area contributed by atoms with Crippen molar-refractivity contribution in [2.24, 2.45) is 0 Å². The van der Waals surface area contributed by atoms with Crippen LogP contribution in [0.15, 0.2) is 28.7 Å². The number of nitrogens with zero attached hydrogens (tertiary/aromatic N) is 1. The highest BCUT2D eigenvalue weighted by atomic mass is 79.9. The molecule has 1 aliphatic rings. The van der Waals surface area contributed by atoms with E-state index in [1.807, 2.05) is 0 Å². The highest BCUT2D eigenvalue weighted by Crippen LogP contribution is 2.17. The Balaban J connectivity index is 2.01. The van der Waals surface area contributed by atoms with Crippen LogP contribution in [0.3, 0.4) is 0 Å². The summed E-state index contributed by atoms with van der Waals surface area (Å²) in [5, 5.41) is 3.61. The Labute approximate surface area is 137 Å².